The first-order valence-electron chi connectivity index (χ1n) is 16.6. The van der Waals surface area contributed by atoms with Crippen molar-refractivity contribution in [1.29, 1.82) is 0 Å². The molecule has 0 aliphatic heterocycles. The van der Waals surface area contributed by atoms with Crippen LogP contribution in [0.1, 0.15) is 0 Å². The molecular formula is C44H44N6Zr. The quantitative estimate of drug-likeness (QED) is 0.188. The third kappa shape index (κ3) is 8.87. The van der Waals surface area contributed by atoms with Crippen LogP contribution in [-0.2, 0) is 26.2 Å². The number of pyridine rings is 2. The topological polar surface area (TPSA) is 78.0 Å². The van der Waals surface area contributed by atoms with Gasteiger partial charge in [0.05, 0.1) is 11.4 Å². The molecule has 0 radical (unpaired) electrons. The zero-order valence-electron chi connectivity index (χ0n) is 30.1. The van der Waals surface area contributed by atoms with E-state index in [2.05, 4.69) is 155 Å². The molecule has 2 aromatic heterocycles. The number of aromatic nitrogens is 2. The molecule has 0 aliphatic carbocycles. The molecule has 0 saturated heterocycles. The second-order valence-electron chi connectivity index (χ2n) is 11.6. The molecule has 0 unspecified atom stereocenters. The molecule has 0 bridgehead atoms. The van der Waals surface area contributed by atoms with E-state index < -0.39 is 0 Å². The Morgan fingerprint density at radius 3 is 1.02 bits per heavy atom. The number of fused-ring (bicyclic) bond motifs is 4. The van der Waals surface area contributed by atoms with Crippen LogP contribution in [0.3, 0.4) is 0 Å². The minimum absolute atomic E-state index is 0. The van der Waals surface area contributed by atoms with Crippen LogP contribution in [0.25, 0.3) is 76.2 Å². The van der Waals surface area contributed by atoms with Crippen molar-refractivity contribution in [2.24, 2.45) is 0 Å². The van der Waals surface area contributed by atoms with Gasteiger partial charge in [-0.05, 0) is 56.6 Å². The second kappa shape index (κ2) is 19.5. The van der Waals surface area contributed by atoms with Crippen LogP contribution in [-0.4, -0.2) is 52.3 Å². The fourth-order valence-corrected chi connectivity index (χ4v) is 6.11. The summed E-state index contributed by atoms with van der Waals surface area (Å²) in [6, 6.07) is 46.4. The molecule has 51 heavy (non-hydrogen) atoms. The molecule has 254 valence electrons. The van der Waals surface area contributed by atoms with Crippen LogP contribution in [0.2, 0.25) is 0 Å². The molecule has 8 aromatic rings. The number of nitrogens with one attached hydrogen (secondary N) is 2. The summed E-state index contributed by atoms with van der Waals surface area (Å²) in [6.07, 6.45) is 3.78. The van der Waals surface area contributed by atoms with Gasteiger partial charge in [-0.15, -0.1) is 0 Å². The van der Waals surface area contributed by atoms with Crippen molar-refractivity contribution in [2.45, 2.75) is 0 Å². The van der Waals surface area contributed by atoms with Crippen molar-refractivity contribution in [3.63, 3.8) is 0 Å². The van der Waals surface area contributed by atoms with Crippen molar-refractivity contribution >= 4 is 54.5 Å². The first-order chi connectivity index (χ1) is 24.6. The summed E-state index contributed by atoms with van der Waals surface area (Å²) < 4.78 is 0. The van der Waals surface area contributed by atoms with Crippen LogP contribution >= 0.6 is 0 Å². The minimum Gasteiger partial charge on any atom is -0.668 e. The van der Waals surface area contributed by atoms with Crippen molar-refractivity contribution in [2.75, 3.05) is 52.9 Å². The molecule has 8 rings (SSSR count). The van der Waals surface area contributed by atoms with Crippen LogP contribution in [0.4, 0.5) is 11.4 Å². The predicted octanol–water partition coefficient (Wildman–Crippen LogP) is 11.4. The Morgan fingerprint density at radius 1 is 0.392 bits per heavy atom. The van der Waals surface area contributed by atoms with E-state index in [9.17, 15) is 0 Å². The van der Waals surface area contributed by atoms with Gasteiger partial charge in [0.2, 0.25) is 0 Å². The first kappa shape index (κ1) is 38.9. The second-order valence-corrected chi connectivity index (χ2v) is 11.6. The third-order valence-electron chi connectivity index (χ3n) is 8.22. The summed E-state index contributed by atoms with van der Waals surface area (Å²) in [4.78, 5) is 9.39. The standard InChI is InChI=1S/2C20H16N2.2C2H6N.Zr/c2*1-21-18-11-10-14-6-2-4-8-16(14)19(18)20-17-9-5-3-7-15(17)12-13-22-20;2*1-3-2;/h2*2-13,21H,1H3;2*1-2H3;/q;;2*-1;+2. The molecule has 0 spiro atoms. The largest absolute Gasteiger partial charge is 2.00 e. The van der Waals surface area contributed by atoms with Gasteiger partial charge in [0.25, 0.3) is 0 Å². The van der Waals surface area contributed by atoms with E-state index in [0.717, 1.165) is 33.9 Å². The van der Waals surface area contributed by atoms with Gasteiger partial charge in [0, 0.05) is 59.8 Å². The molecule has 0 saturated carbocycles. The number of hydrogen-bond acceptors (Lipinski definition) is 4. The summed E-state index contributed by atoms with van der Waals surface area (Å²) in [5.41, 5.74) is 6.58. The minimum atomic E-state index is 0. The number of nitrogens with zero attached hydrogens (tertiary/aromatic N) is 4. The van der Waals surface area contributed by atoms with Gasteiger partial charge in [-0.25, -0.2) is 0 Å². The van der Waals surface area contributed by atoms with E-state index in [1.165, 1.54) is 43.1 Å². The van der Waals surface area contributed by atoms with Gasteiger partial charge < -0.3 is 21.3 Å². The van der Waals surface area contributed by atoms with Gasteiger partial charge in [-0.2, -0.15) is 28.2 Å². The molecule has 0 amide bonds. The molecule has 6 nitrogen and oxygen atoms in total. The number of rotatable bonds is 4. The van der Waals surface area contributed by atoms with E-state index in [1.54, 1.807) is 28.2 Å². The van der Waals surface area contributed by atoms with Crippen molar-refractivity contribution in [1.82, 2.24) is 9.97 Å². The zero-order chi connectivity index (χ0) is 35.3. The van der Waals surface area contributed by atoms with Crippen molar-refractivity contribution < 1.29 is 26.2 Å². The van der Waals surface area contributed by atoms with Crippen LogP contribution in [0.15, 0.2) is 146 Å². The Hall–Kier alpha value is -4.94. The fraction of sp³-hybridized carbons (Fsp3) is 0.136. The predicted molar refractivity (Wildman–Crippen MR) is 219 cm³/mol. The zero-order valence-corrected chi connectivity index (χ0v) is 32.6. The molecule has 7 heteroatoms. The van der Waals surface area contributed by atoms with Gasteiger partial charge >= 0.3 is 26.2 Å². The molecule has 0 fully saturated rings. The molecule has 0 atom stereocenters. The number of benzene rings is 6. The van der Waals surface area contributed by atoms with Crippen molar-refractivity contribution in [3.05, 3.63) is 156 Å². The normalized spacial score (nSPS) is 10.2. The maximum absolute atomic E-state index is 4.70. The number of hydrogen-bond donors (Lipinski definition) is 2. The Morgan fingerprint density at radius 2 is 0.686 bits per heavy atom. The Balaban J connectivity index is 0.000000195. The fourth-order valence-electron chi connectivity index (χ4n) is 6.11. The summed E-state index contributed by atoms with van der Waals surface area (Å²) in [6.45, 7) is 0. The maximum Gasteiger partial charge on any atom is 2.00 e. The van der Waals surface area contributed by atoms with Gasteiger partial charge in [0.15, 0.2) is 0 Å². The first-order valence-corrected chi connectivity index (χ1v) is 16.6. The Kier molecular flexibility index (Phi) is 14.8. The van der Waals surface area contributed by atoms with Gasteiger partial charge in [-0.3, -0.25) is 9.97 Å². The van der Waals surface area contributed by atoms with E-state index in [-0.39, 0.29) is 26.2 Å². The monoisotopic (exact) mass is 746 g/mol. The SMILES string of the molecule is CNc1ccc2ccccc2c1-c1nccc2ccccc12.CNc1ccc2ccccc2c1-c1nccc2ccccc12.C[N-]C.C[N-]C.[Zr+2]. The Bertz CT molecular complexity index is 2150. The molecule has 2 heterocycles. The van der Waals surface area contributed by atoms with Crippen LogP contribution in [0.5, 0.6) is 0 Å². The van der Waals surface area contributed by atoms with Gasteiger partial charge in [-0.1, -0.05) is 109 Å². The average Bonchev–Trinajstić information content (AvgIpc) is 3.17. The summed E-state index contributed by atoms with van der Waals surface area (Å²) in [7, 11) is 10.9. The summed E-state index contributed by atoms with van der Waals surface area (Å²) in [5.74, 6) is 0. The van der Waals surface area contributed by atoms with Gasteiger partial charge in [0.1, 0.15) is 0 Å². The van der Waals surface area contributed by atoms with E-state index >= 15 is 0 Å². The van der Waals surface area contributed by atoms with E-state index in [0.29, 0.717) is 0 Å². The van der Waals surface area contributed by atoms with E-state index in [4.69, 9.17) is 9.97 Å². The van der Waals surface area contributed by atoms with Crippen molar-refractivity contribution in [3.8, 4) is 22.5 Å². The molecule has 6 aromatic carbocycles. The summed E-state index contributed by atoms with van der Waals surface area (Å²) >= 11 is 0. The third-order valence-corrected chi connectivity index (χ3v) is 8.22. The molecule has 2 N–H and O–H groups in total. The summed E-state index contributed by atoms with van der Waals surface area (Å²) in [5, 5.41) is 23.3. The van der Waals surface area contributed by atoms with E-state index in [1.807, 2.05) is 26.5 Å². The Labute approximate surface area is 320 Å². The average molecular weight is 748 g/mol. The molecule has 0 aliphatic rings. The molecular weight excluding hydrogens is 704 g/mol. The van der Waals surface area contributed by atoms with Crippen LogP contribution < -0.4 is 10.6 Å². The van der Waals surface area contributed by atoms with Crippen LogP contribution in [0, 0.1) is 0 Å². The number of anilines is 2. The smallest absolute Gasteiger partial charge is 0.668 e. The maximum atomic E-state index is 4.70.